The van der Waals surface area contributed by atoms with Crippen molar-refractivity contribution in [1.29, 1.82) is 0 Å². The molecule has 1 atom stereocenters. The minimum absolute atomic E-state index is 0.583. The van der Waals surface area contributed by atoms with E-state index < -0.39 is 0 Å². The van der Waals surface area contributed by atoms with Crippen LogP contribution in [-0.2, 0) is 14.2 Å². The number of unbranched alkanes of at least 4 members (excludes halogenated alkanes) is 2. The van der Waals surface area contributed by atoms with Crippen molar-refractivity contribution in [3.8, 4) is 0 Å². The van der Waals surface area contributed by atoms with Crippen LogP contribution in [0, 0.1) is 0 Å². The summed E-state index contributed by atoms with van der Waals surface area (Å²) in [4.78, 5) is 0. The lowest BCUT2D eigenvalue weighted by Gasteiger charge is -1.99. The Balaban J connectivity index is 0.000000256. The largest absolute Gasteiger partial charge is 0.381 e. The van der Waals surface area contributed by atoms with Crippen molar-refractivity contribution >= 4 is 0 Å². The van der Waals surface area contributed by atoms with Gasteiger partial charge in [-0.2, -0.15) is 0 Å². The predicted molar refractivity (Wildman–Crippen MR) is 66.9 cm³/mol. The smallest absolute Gasteiger partial charge is 0.0781 e. The molecule has 1 unspecified atom stereocenters. The van der Waals surface area contributed by atoms with Gasteiger partial charge in [0.05, 0.1) is 25.9 Å². The molecule has 0 aromatic carbocycles. The highest BCUT2D eigenvalue weighted by Gasteiger charge is 2.13. The van der Waals surface area contributed by atoms with Gasteiger partial charge in [0.15, 0.2) is 0 Å². The molecule has 16 heavy (non-hydrogen) atoms. The highest BCUT2D eigenvalue weighted by molar-refractivity contribution is 4.58. The second-order valence-corrected chi connectivity index (χ2v) is 4.08. The van der Waals surface area contributed by atoms with Gasteiger partial charge in [-0.3, -0.25) is 0 Å². The molecule has 0 aromatic heterocycles. The average Bonchev–Trinajstić information content (AvgIpc) is 3.12. The van der Waals surface area contributed by atoms with Gasteiger partial charge in [0, 0.05) is 13.2 Å². The van der Waals surface area contributed by atoms with Crippen LogP contribution in [0.2, 0.25) is 0 Å². The molecule has 2 rings (SSSR count). The van der Waals surface area contributed by atoms with E-state index in [1.165, 1.54) is 25.7 Å². The third-order valence-corrected chi connectivity index (χ3v) is 1.99. The molecule has 0 spiro atoms. The molecule has 0 aromatic rings. The first-order chi connectivity index (χ1) is 7.81. The first kappa shape index (κ1) is 15.9. The summed E-state index contributed by atoms with van der Waals surface area (Å²) in [5, 5.41) is 0. The van der Waals surface area contributed by atoms with Gasteiger partial charge in [-0.05, 0) is 19.8 Å². The van der Waals surface area contributed by atoms with Crippen LogP contribution < -0.4 is 0 Å². The first-order valence-electron chi connectivity index (χ1n) is 6.58. The van der Waals surface area contributed by atoms with Gasteiger partial charge in [-0.1, -0.05) is 26.7 Å². The monoisotopic (exact) mass is 232 g/mol. The van der Waals surface area contributed by atoms with Gasteiger partial charge in [-0.25, -0.2) is 0 Å². The van der Waals surface area contributed by atoms with Crippen LogP contribution in [0.5, 0.6) is 0 Å². The van der Waals surface area contributed by atoms with Crippen LogP contribution in [0.3, 0.4) is 0 Å². The Morgan fingerprint density at radius 1 is 1.06 bits per heavy atom. The zero-order valence-electron chi connectivity index (χ0n) is 11.2. The number of ether oxygens (including phenoxy) is 3. The molecular formula is C13H28O3. The van der Waals surface area contributed by atoms with E-state index in [-0.39, 0.29) is 0 Å². The number of rotatable bonds is 6. The zero-order valence-corrected chi connectivity index (χ0v) is 11.2. The lowest BCUT2D eigenvalue weighted by atomic mass is 10.3. The SMILES string of the molecule is C1CO1.CC1CO1.CCCCOCCCC. The van der Waals surface area contributed by atoms with Crippen molar-refractivity contribution in [3.05, 3.63) is 0 Å². The quantitative estimate of drug-likeness (QED) is 0.521. The van der Waals surface area contributed by atoms with E-state index in [0.29, 0.717) is 6.10 Å². The summed E-state index contributed by atoms with van der Waals surface area (Å²) in [6.07, 6.45) is 5.49. The van der Waals surface area contributed by atoms with Gasteiger partial charge in [-0.15, -0.1) is 0 Å². The van der Waals surface area contributed by atoms with Crippen LogP contribution in [0.1, 0.15) is 46.5 Å². The van der Waals surface area contributed by atoms with Gasteiger partial charge in [0.2, 0.25) is 0 Å². The highest BCUT2D eigenvalue weighted by atomic mass is 16.6. The molecule has 0 N–H and O–H groups in total. The molecule has 0 aliphatic carbocycles. The molecule has 98 valence electrons. The molecule has 2 aliphatic heterocycles. The maximum Gasteiger partial charge on any atom is 0.0781 e. The maximum absolute atomic E-state index is 5.31. The van der Waals surface area contributed by atoms with Crippen LogP contribution >= 0.6 is 0 Å². The summed E-state index contributed by atoms with van der Waals surface area (Å²) in [6, 6.07) is 0. The minimum atomic E-state index is 0.583. The Bertz CT molecular complexity index is 114. The summed E-state index contributed by atoms with van der Waals surface area (Å²) >= 11 is 0. The van der Waals surface area contributed by atoms with Crippen molar-refractivity contribution in [2.24, 2.45) is 0 Å². The first-order valence-corrected chi connectivity index (χ1v) is 6.58. The van der Waals surface area contributed by atoms with Crippen molar-refractivity contribution in [1.82, 2.24) is 0 Å². The van der Waals surface area contributed by atoms with E-state index in [9.17, 15) is 0 Å². The summed E-state index contributed by atoms with van der Waals surface area (Å²) in [5.41, 5.74) is 0. The predicted octanol–water partition coefficient (Wildman–Crippen LogP) is 3.02. The van der Waals surface area contributed by atoms with E-state index in [4.69, 9.17) is 9.47 Å². The normalized spacial score (nSPS) is 20.1. The average molecular weight is 232 g/mol. The maximum atomic E-state index is 5.31. The Hall–Kier alpha value is -0.120. The number of hydrogen-bond acceptors (Lipinski definition) is 3. The van der Waals surface area contributed by atoms with Gasteiger partial charge in [0.1, 0.15) is 0 Å². The lowest BCUT2D eigenvalue weighted by Crippen LogP contribution is -1.95. The van der Waals surface area contributed by atoms with Crippen LogP contribution in [-0.4, -0.2) is 39.1 Å². The Kier molecular flexibility index (Phi) is 12.9. The standard InChI is InChI=1S/C8H18O.C3H6O.C2H4O/c1-3-5-7-9-8-6-4-2;1-3-2-4-3;1-2-3-1/h3-8H2,1-2H3;3H,2H2,1H3;1-2H2. The van der Waals surface area contributed by atoms with E-state index >= 15 is 0 Å². The Morgan fingerprint density at radius 3 is 1.62 bits per heavy atom. The second-order valence-electron chi connectivity index (χ2n) is 4.08. The molecule has 0 bridgehead atoms. The minimum Gasteiger partial charge on any atom is -0.381 e. The number of epoxide rings is 2. The fraction of sp³-hybridized carbons (Fsp3) is 1.00. The fourth-order valence-electron chi connectivity index (χ4n) is 0.691. The molecule has 0 amide bonds. The molecule has 3 heteroatoms. The van der Waals surface area contributed by atoms with Crippen molar-refractivity contribution < 1.29 is 14.2 Å². The lowest BCUT2D eigenvalue weighted by molar-refractivity contribution is 0.128. The molecule has 0 radical (unpaired) electrons. The molecule has 2 fully saturated rings. The molecule has 0 saturated carbocycles. The number of hydrogen-bond donors (Lipinski definition) is 0. The van der Waals surface area contributed by atoms with Crippen molar-refractivity contribution in [2.75, 3.05) is 33.0 Å². The van der Waals surface area contributed by atoms with Crippen LogP contribution in [0.4, 0.5) is 0 Å². The summed E-state index contributed by atoms with van der Waals surface area (Å²) in [5.74, 6) is 0. The molecule has 3 nitrogen and oxygen atoms in total. The Morgan fingerprint density at radius 2 is 1.44 bits per heavy atom. The molecule has 2 aliphatic rings. The summed E-state index contributed by atoms with van der Waals surface area (Å²) < 4.78 is 14.5. The van der Waals surface area contributed by atoms with E-state index in [1.54, 1.807) is 0 Å². The second kappa shape index (κ2) is 12.9. The molecule has 2 heterocycles. The Labute approximate surface area is 100 Å². The van der Waals surface area contributed by atoms with E-state index in [0.717, 1.165) is 33.0 Å². The molecule has 2 saturated heterocycles. The van der Waals surface area contributed by atoms with E-state index in [2.05, 4.69) is 25.5 Å². The summed E-state index contributed by atoms with van der Waals surface area (Å²) in [7, 11) is 0. The third kappa shape index (κ3) is 23.6. The van der Waals surface area contributed by atoms with Gasteiger partial charge in [0.25, 0.3) is 0 Å². The van der Waals surface area contributed by atoms with Gasteiger partial charge < -0.3 is 14.2 Å². The topological polar surface area (TPSA) is 34.3 Å². The third-order valence-electron chi connectivity index (χ3n) is 1.99. The summed E-state index contributed by atoms with van der Waals surface area (Å²) in [6.45, 7) is 11.3. The van der Waals surface area contributed by atoms with Crippen LogP contribution in [0.25, 0.3) is 0 Å². The molecular weight excluding hydrogens is 204 g/mol. The van der Waals surface area contributed by atoms with E-state index in [1.807, 2.05) is 0 Å². The zero-order chi connectivity index (χ0) is 12.1. The van der Waals surface area contributed by atoms with Crippen molar-refractivity contribution in [2.45, 2.75) is 52.6 Å². The van der Waals surface area contributed by atoms with Gasteiger partial charge >= 0.3 is 0 Å². The van der Waals surface area contributed by atoms with Crippen LogP contribution in [0.15, 0.2) is 0 Å². The fourth-order valence-corrected chi connectivity index (χ4v) is 0.691. The highest BCUT2D eigenvalue weighted by Crippen LogP contribution is 2.04. The van der Waals surface area contributed by atoms with Crippen molar-refractivity contribution in [3.63, 3.8) is 0 Å².